The summed E-state index contributed by atoms with van der Waals surface area (Å²) in [7, 11) is 0. The number of nitrogens with one attached hydrogen (secondary N) is 1. The summed E-state index contributed by atoms with van der Waals surface area (Å²) in [5.74, 6) is -0.121. The van der Waals surface area contributed by atoms with Crippen LogP contribution in [-0.4, -0.2) is 20.7 Å². The molecule has 0 bridgehead atoms. The zero-order valence-electron chi connectivity index (χ0n) is 15.0. The van der Waals surface area contributed by atoms with Gasteiger partial charge in [0.2, 0.25) is 5.91 Å². The van der Waals surface area contributed by atoms with Crippen molar-refractivity contribution in [2.45, 2.75) is 37.7 Å². The van der Waals surface area contributed by atoms with Gasteiger partial charge in [-0.25, -0.2) is 4.98 Å². The quantitative estimate of drug-likeness (QED) is 0.550. The molecule has 134 valence electrons. The van der Waals surface area contributed by atoms with Crippen molar-refractivity contribution in [3.05, 3.63) is 64.4 Å². The Kier molecular flexibility index (Phi) is 5.42. The SMILES string of the molecule is CCn1c(S[C@@H](C)C(=O)Nc2ccc(C)cc2)nc2ccccc2c1=O. The third-order valence-corrected chi connectivity index (χ3v) is 5.20. The number of hydrogen-bond donors (Lipinski definition) is 1. The predicted molar refractivity (Wildman–Crippen MR) is 107 cm³/mol. The van der Waals surface area contributed by atoms with E-state index in [-0.39, 0.29) is 16.7 Å². The molecule has 3 aromatic rings. The molecular formula is C20H21N3O2S. The number of anilines is 1. The number of carbonyl (C=O) groups is 1. The van der Waals surface area contributed by atoms with Gasteiger partial charge in [0.05, 0.1) is 16.2 Å². The van der Waals surface area contributed by atoms with Gasteiger partial charge in [-0.1, -0.05) is 41.6 Å². The van der Waals surface area contributed by atoms with Gasteiger partial charge in [-0.2, -0.15) is 0 Å². The summed E-state index contributed by atoms with van der Waals surface area (Å²) >= 11 is 1.29. The second kappa shape index (κ2) is 7.74. The molecule has 0 saturated carbocycles. The van der Waals surface area contributed by atoms with Crippen molar-refractivity contribution in [3.8, 4) is 0 Å². The average Bonchev–Trinajstić information content (AvgIpc) is 2.64. The van der Waals surface area contributed by atoms with Crippen molar-refractivity contribution in [2.75, 3.05) is 5.32 Å². The number of carbonyl (C=O) groups excluding carboxylic acids is 1. The summed E-state index contributed by atoms with van der Waals surface area (Å²) in [6.07, 6.45) is 0. The summed E-state index contributed by atoms with van der Waals surface area (Å²) in [6.45, 7) is 6.22. The number of hydrogen-bond acceptors (Lipinski definition) is 4. The third kappa shape index (κ3) is 3.80. The molecule has 0 aliphatic heterocycles. The minimum atomic E-state index is -0.387. The number of fused-ring (bicyclic) bond motifs is 1. The first-order valence-corrected chi connectivity index (χ1v) is 9.41. The molecule has 0 aliphatic carbocycles. The fourth-order valence-corrected chi connectivity index (χ4v) is 3.58. The van der Waals surface area contributed by atoms with Gasteiger partial charge in [-0.15, -0.1) is 0 Å². The number of amides is 1. The van der Waals surface area contributed by atoms with E-state index in [1.807, 2.05) is 63.2 Å². The van der Waals surface area contributed by atoms with Crippen LogP contribution in [0.15, 0.2) is 58.5 Å². The Morgan fingerprint density at radius 3 is 2.58 bits per heavy atom. The zero-order chi connectivity index (χ0) is 18.7. The number of aryl methyl sites for hydroxylation is 1. The van der Waals surface area contributed by atoms with Crippen molar-refractivity contribution in [2.24, 2.45) is 0 Å². The van der Waals surface area contributed by atoms with Crippen LogP contribution in [0.2, 0.25) is 0 Å². The molecule has 0 saturated heterocycles. The lowest BCUT2D eigenvalue weighted by Crippen LogP contribution is -2.26. The Balaban J connectivity index is 1.84. The van der Waals surface area contributed by atoms with E-state index >= 15 is 0 Å². The van der Waals surface area contributed by atoms with Gasteiger partial charge in [-0.05, 0) is 45.0 Å². The second-order valence-corrected chi connectivity index (χ2v) is 7.38. The highest BCUT2D eigenvalue weighted by Gasteiger charge is 2.19. The molecule has 1 amide bonds. The molecule has 0 aliphatic rings. The Labute approximate surface area is 156 Å². The van der Waals surface area contributed by atoms with E-state index in [1.165, 1.54) is 11.8 Å². The summed E-state index contributed by atoms with van der Waals surface area (Å²) in [6, 6.07) is 14.9. The summed E-state index contributed by atoms with van der Waals surface area (Å²) in [5, 5.41) is 3.67. The van der Waals surface area contributed by atoms with Crippen LogP contribution in [0.3, 0.4) is 0 Å². The van der Waals surface area contributed by atoms with Crippen molar-refractivity contribution in [1.29, 1.82) is 0 Å². The Morgan fingerprint density at radius 2 is 1.88 bits per heavy atom. The predicted octanol–water partition coefficient (Wildman–Crippen LogP) is 3.84. The van der Waals surface area contributed by atoms with Gasteiger partial charge in [0.1, 0.15) is 0 Å². The molecule has 1 heterocycles. The lowest BCUT2D eigenvalue weighted by molar-refractivity contribution is -0.115. The lowest BCUT2D eigenvalue weighted by Gasteiger charge is -2.15. The molecule has 6 heteroatoms. The Bertz CT molecular complexity index is 996. The smallest absolute Gasteiger partial charge is 0.262 e. The van der Waals surface area contributed by atoms with Crippen molar-refractivity contribution < 1.29 is 4.79 Å². The highest BCUT2D eigenvalue weighted by Crippen LogP contribution is 2.23. The lowest BCUT2D eigenvalue weighted by atomic mass is 10.2. The van der Waals surface area contributed by atoms with Crippen molar-refractivity contribution in [1.82, 2.24) is 9.55 Å². The third-order valence-electron chi connectivity index (χ3n) is 4.11. The van der Waals surface area contributed by atoms with Crippen LogP contribution < -0.4 is 10.9 Å². The van der Waals surface area contributed by atoms with Crippen molar-refractivity contribution in [3.63, 3.8) is 0 Å². The first-order chi connectivity index (χ1) is 12.5. The van der Waals surface area contributed by atoms with Crippen molar-refractivity contribution >= 4 is 34.3 Å². The van der Waals surface area contributed by atoms with Crippen LogP contribution in [0, 0.1) is 6.92 Å². The van der Waals surface area contributed by atoms with Crippen LogP contribution in [-0.2, 0) is 11.3 Å². The van der Waals surface area contributed by atoms with E-state index < -0.39 is 0 Å². The largest absolute Gasteiger partial charge is 0.325 e. The van der Waals surface area contributed by atoms with E-state index in [4.69, 9.17) is 0 Å². The summed E-state index contributed by atoms with van der Waals surface area (Å²) < 4.78 is 1.61. The number of benzene rings is 2. The van der Waals surface area contributed by atoms with E-state index in [0.29, 0.717) is 22.6 Å². The monoisotopic (exact) mass is 367 g/mol. The number of nitrogens with zero attached hydrogens (tertiary/aromatic N) is 2. The van der Waals surface area contributed by atoms with Gasteiger partial charge in [0, 0.05) is 12.2 Å². The number of rotatable bonds is 5. The Morgan fingerprint density at radius 1 is 1.19 bits per heavy atom. The molecule has 1 aromatic heterocycles. The molecule has 5 nitrogen and oxygen atoms in total. The van der Waals surface area contributed by atoms with Gasteiger partial charge >= 0.3 is 0 Å². The average molecular weight is 367 g/mol. The highest BCUT2D eigenvalue weighted by atomic mass is 32.2. The summed E-state index contributed by atoms with van der Waals surface area (Å²) in [4.78, 5) is 29.8. The Hall–Kier alpha value is -2.60. The highest BCUT2D eigenvalue weighted by molar-refractivity contribution is 8.00. The van der Waals surface area contributed by atoms with Crippen LogP contribution >= 0.6 is 11.8 Å². The molecule has 26 heavy (non-hydrogen) atoms. The van der Waals surface area contributed by atoms with Crippen LogP contribution in [0.4, 0.5) is 5.69 Å². The number of para-hydroxylation sites is 1. The molecular weight excluding hydrogens is 346 g/mol. The minimum absolute atomic E-state index is 0.0771. The number of thioether (sulfide) groups is 1. The fraction of sp³-hybridized carbons (Fsp3) is 0.250. The van der Waals surface area contributed by atoms with Crippen LogP contribution in [0.5, 0.6) is 0 Å². The van der Waals surface area contributed by atoms with Crippen LogP contribution in [0.25, 0.3) is 10.9 Å². The molecule has 0 spiro atoms. The molecule has 3 rings (SSSR count). The molecule has 0 radical (unpaired) electrons. The van der Waals surface area contributed by atoms with Gasteiger partial charge in [0.25, 0.3) is 5.56 Å². The summed E-state index contributed by atoms with van der Waals surface area (Å²) in [5.41, 5.74) is 2.47. The second-order valence-electron chi connectivity index (χ2n) is 6.08. The number of aromatic nitrogens is 2. The normalized spacial score (nSPS) is 12.1. The maximum Gasteiger partial charge on any atom is 0.262 e. The maximum atomic E-state index is 12.7. The molecule has 1 atom stereocenters. The van der Waals surface area contributed by atoms with E-state index in [2.05, 4.69) is 10.3 Å². The minimum Gasteiger partial charge on any atom is -0.325 e. The first kappa shape index (κ1) is 18.2. The molecule has 1 N–H and O–H groups in total. The van der Waals surface area contributed by atoms with E-state index in [1.54, 1.807) is 10.6 Å². The van der Waals surface area contributed by atoms with Gasteiger partial charge < -0.3 is 5.32 Å². The zero-order valence-corrected chi connectivity index (χ0v) is 15.8. The van der Waals surface area contributed by atoms with Gasteiger partial charge in [0.15, 0.2) is 5.16 Å². The molecule has 2 aromatic carbocycles. The van der Waals surface area contributed by atoms with E-state index in [0.717, 1.165) is 11.3 Å². The molecule has 0 fully saturated rings. The van der Waals surface area contributed by atoms with Gasteiger partial charge in [-0.3, -0.25) is 14.2 Å². The van der Waals surface area contributed by atoms with Crippen LogP contribution in [0.1, 0.15) is 19.4 Å². The first-order valence-electron chi connectivity index (χ1n) is 8.53. The standard InChI is InChI=1S/C20H21N3O2S/c1-4-23-19(25)16-7-5-6-8-17(16)22-20(23)26-14(3)18(24)21-15-11-9-13(2)10-12-15/h5-12,14H,4H2,1-3H3,(H,21,24)/t14-/m0/s1. The topological polar surface area (TPSA) is 64.0 Å². The fourth-order valence-electron chi connectivity index (χ4n) is 2.61. The maximum absolute atomic E-state index is 12.7. The molecule has 0 unspecified atom stereocenters. The van der Waals surface area contributed by atoms with E-state index in [9.17, 15) is 9.59 Å².